The number of rotatable bonds is 10. The van der Waals surface area contributed by atoms with Crippen LogP contribution < -0.4 is 19.6 Å². The van der Waals surface area contributed by atoms with Crippen LogP contribution in [0.15, 0.2) is 46.0 Å². The number of carbonyl (C=O) groups is 1. The van der Waals surface area contributed by atoms with Crippen LogP contribution in [0.3, 0.4) is 0 Å². The topological polar surface area (TPSA) is 69.2 Å². The van der Waals surface area contributed by atoms with Gasteiger partial charge in [-0.25, -0.2) is 5.43 Å². The highest BCUT2D eigenvalue weighted by atomic mass is 79.9. The van der Waals surface area contributed by atoms with E-state index >= 15 is 0 Å². The molecule has 150 valence electrons. The number of amides is 1. The van der Waals surface area contributed by atoms with Crippen molar-refractivity contribution in [1.29, 1.82) is 0 Å². The molecule has 0 fully saturated rings. The highest BCUT2D eigenvalue weighted by Crippen LogP contribution is 2.36. The molecule has 0 aliphatic heterocycles. The van der Waals surface area contributed by atoms with Gasteiger partial charge >= 0.3 is 0 Å². The van der Waals surface area contributed by atoms with Crippen LogP contribution in [-0.4, -0.2) is 32.4 Å². The lowest BCUT2D eigenvalue weighted by Crippen LogP contribution is -2.17. The van der Waals surface area contributed by atoms with Crippen LogP contribution in [0.1, 0.15) is 42.6 Å². The molecule has 0 atom stereocenters. The molecule has 0 aliphatic carbocycles. The van der Waals surface area contributed by atoms with Gasteiger partial charge in [-0.1, -0.05) is 13.8 Å². The molecule has 7 heteroatoms. The van der Waals surface area contributed by atoms with Gasteiger partial charge < -0.3 is 14.2 Å². The van der Waals surface area contributed by atoms with E-state index in [0.717, 1.165) is 28.6 Å². The zero-order chi connectivity index (χ0) is 20.4. The number of benzene rings is 2. The Hall–Kier alpha value is -2.54. The number of methoxy groups -OCH3 is 1. The molecule has 2 aromatic carbocycles. The van der Waals surface area contributed by atoms with E-state index < -0.39 is 0 Å². The van der Waals surface area contributed by atoms with E-state index in [2.05, 4.69) is 26.5 Å². The standard InChI is InChI=1S/C21H25BrN2O4/c1-4-10-27-17-8-6-16(7-9-17)21(25)24-23-14-15-12-18(22)20(28-11-5-2)19(13-15)26-3/h6-9,12-14H,4-5,10-11H2,1-3H3,(H,24,25)/b23-14-. The number of ether oxygens (including phenoxy) is 3. The molecule has 1 N–H and O–H groups in total. The number of carbonyl (C=O) groups excluding carboxylic acids is 1. The maximum absolute atomic E-state index is 12.2. The van der Waals surface area contributed by atoms with Gasteiger partial charge in [-0.2, -0.15) is 5.10 Å². The first-order valence-corrected chi connectivity index (χ1v) is 9.94. The molecule has 0 saturated heterocycles. The molecule has 28 heavy (non-hydrogen) atoms. The second-order valence-electron chi connectivity index (χ2n) is 5.95. The summed E-state index contributed by atoms with van der Waals surface area (Å²) in [6, 6.07) is 10.6. The quantitative estimate of drug-likeness (QED) is 0.418. The van der Waals surface area contributed by atoms with E-state index in [-0.39, 0.29) is 5.91 Å². The van der Waals surface area contributed by atoms with Gasteiger partial charge in [0.25, 0.3) is 5.91 Å². The fourth-order valence-electron chi connectivity index (χ4n) is 2.31. The van der Waals surface area contributed by atoms with E-state index in [0.29, 0.717) is 30.3 Å². The van der Waals surface area contributed by atoms with E-state index in [1.807, 2.05) is 19.9 Å². The third-order valence-corrected chi connectivity index (χ3v) is 4.26. The highest BCUT2D eigenvalue weighted by molar-refractivity contribution is 9.10. The minimum atomic E-state index is -0.299. The number of nitrogens with zero attached hydrogens (tertiary/aromatic N) is 1. The smallest absolute Gasteiger partial charge is 0.271 e. The van der Waals surface area contributed by atoms with Gasteiger partial charge in [-0.05, 0) is 70.7 Å². The molecule has 0 radical (unpaired) electrons. The molecule has 2 aromatic rings. The van der Waals surface area contributed by atoms with Gasteiger partial charge in [-0.15, -0.1) is 0 Å². The van der Waals surface area contributed by atoms with E-state index in [1.54, 1.807) is 43.7 Å². The molecule has 6 nitrogen and oxygen atoms in total. The first-order valence-electron chi connectivity index (χ1n) is 9.15. The van der Waals surface area contributed by atoms with E-state index in [9.17, 15) is 4.79 Å². The summed E-state index contributed by atoms with van der Waals surface area (Å²) in [5.74, 6) is 1.69. The van der Waals surface area contributed by atoms with Crippen molar-refractivity contribution in [1.82, 2.24) is 5.43 Å². The second-order valence-corrected chi connectivity index (χ2v) is 6.81. The first-order chi connectivity index (χ1) is 13.6. The van der Waals surface area contributed by atoms with Crippen molar-refractivity contribution >= 4 is 28.1 Å². The minimum absolute atomic E-state index is 0.299. The molecule has 1 amide bonds. The van der Waals surface area contributed by atoms with Gasteiger partial charge in [0.2, 0.25) is 0 Å². The summed E-state index contributed by atoms with van der Waals surface area (Å²) in [6.07, 6.45) is 3.38. The Labute approximate surface area is 174 Å². The largest absolute Gasteiger partial charge is 0.494 e. The maximum atomic E-state index is 12.2. The fourth-order valence-corrected chi connectivity index (χ4v) is 2.89. The molecule has 0 bridgehead atoms. The third-order valence-electron chi connectivity index (χ3n) is 3.67. The Morgan fingerprint density at radius 2 is 1.79 bits per heavy atom. The normalized spacial score (nSPS) is 10.7. The summed E-state index contributed by atoms with van der Waals surface area (Å²) in [5.41, 5.74) is 3.78. The average molecular weight is 449 g/mol. The van der Waals surface area contributed by atoms with Crippen LogP contribution in [0.25, 0.3) is 0 Å². The average Bonchev–Trinajstić information content (AvgIpc) is 2.71. The van der Waals surface area contributed by atoms with E-state index in [4.69, 9.17) is 14.2 Å². The molecule has 2 rings (SSSR count). The fraction of sp³-hybridized carbons (Fsp3) is 0.333. The predicted octanol–water partition coefficient (Wildman–Crippen LogP) is 4.80. The van der Waals surface area contributed by atoms with Crippen molar-refractivity contribution in [3.05, 3.63) is 52.0 Å². The Kier molecular flexibility index (Phi) is 8.81. The van der Waals surface area contributed by atoms with Gasteiger partial charge in [0.1, 0.15) is 5.75 Å². The van der Waals surface area contributed by atoms with Crippen molar-refractivity contribution in [2.45, 2.75) is 26.7 Å². The van der Waals surface area contributed by atoms with Crippen LogP contribution in [0.2, 0.25) is 0 Å². The summed E-state index contributed by atoms with van der Waals surface area (Å²) >= 11 is 3.49. The Morgan fingerprint density at radius 3 is 2.43 bits per heavy atom. The lowest BCUT2D eigenvalue weighted by molar-refractivity contribution is 0.0955. The second kappa shape index (κ2) is 11.3. The highest BCUT2D eigenvalue weighted by Gasteiger charge is 2.11. The minimum Gasteiger partial charge on any atom is -0.494 e. The molecule has 0 saturated carbocycles. The first kappa shape index (κ1) is 21.8. The molecular formula is C21H25BrN2O4. The lowest BCUT2D eigenvalue weighted by atomic mass is 10.2. The number of nitrogens with one attached hydrogen (secondary N) is 1. The maximum Gasteiger partial charge on any atom is 0.271 e. The molecular weight excluding hydrogens is 424 g/mol. The van der Waals surface area contributed by atoms with Gasteiger partial charge in [-0.3, -0.25) is 4.79 Å². The predicted molar refractivity (Wildman–Crippen MR) is 114 cm³/mol. The molecule has 0 unspecified atom stereocenters. The van der Waals surface area contributed by atoms with E-state index in [1.165, 1.54) is 0 Å². The number of hydrogen-bond acceptors (Lipinski definition) is 5. The molecule has 0 aromatic heterocycles. The Bertz CT molecular complexity index is 807. The van der Waals surface area contributed by atoms with Crippen molar-refractivity contribution in [2.75, 3.05) is 20.3 Å². The van der Waals surface area contributed by atoms with Crippen LogP contribution in [0.4, 0.5) is 0 Å². The van der Waals surface area contributed by atoms with Crippen LogP contribution in [-0.2, 0) is 0 Å². The summed E-state index contributed by atoms with van der Waals surface area (Å²) in [4.78, 5) is 12.2. The monoisotopic (exact) mass is 448 g/mol. The molecule has 0 heterocycles. The van der Waals surface area contributed by atoms with Gasteiger partial charge in [0.05, 0.1) is 31.0 Å². The Morgan fingerprint density at radius 1 is 1.11 bits per heavy atom. The summed E-state index contributed by atoms with van der Waals surface area (Å²) < 4.78 is 17.4. The van der Waals surface area contributed by atoms with Crippen LogP contribution in [0, 0.1) is 0 Å². The molecule has 0 aliphatic rings. The SMILES string of the molecule is CCCOc1ccc(C(=O)N/N=C\c2cc(Br)c(OCCC)c(OC)c2)cc1. The summed E-state index contributed by atoms with van der Waals surface area (Å²) in [7, 11) is 1.58. The Balaban J connectivity index is 2.01. The van der Waals surface area contributed by atoms with Crippen LogP contribution in [0.5, 0.6) is 17.2 Å². The van der Waals surface area contributed by atoms with Crippen molar-refractivity contribution in [3.8, 4) is 17.2 Å². The number of hydrazone groups is 1. The van der Waals surface area contributed by atoms with Crippen molar-refractivity contribution in [3.63, 3.8) is 0 Å². The third kappa shape index (κ3) is 6.27. The van der Waals surface area contributed by atoms with Gasteiger partial charge in [0, 0.05) is 5.56 Å². The molecule has 0 spiro atoms. The van der Waals surface area contributed by atoms with Crippen LogP contribution >= 0.6 is 15.9 Å². The lowest BCUT2D eigenvalue weighted by Gasteiger charge is -2.12. The summed E-state index contributed by atoms with van der Waals surface area (Å²) in [5, 5.41) is 4.03. The zero-order valence-electron chi connectivity index (χ0n) is 16.3. The number of hydrogen-bond donors (Lipinski definition) is 1. The zero-order valence-corrected chi connectivity index (χ0v) is 17.9. The number of halogens is 1. The van der Waals surface area contributed by atoms with Crippen molar-refractivity contribution < 1.29 is 19.0 Å². The van der Waals surface area contributed by atoms with Gasteiger partial charge in [0.15, 0.2) is 11.5 Å². The van der Waals surface area contributed by atoms with Crippen molar-refractivity contribution in [2.24, 2.45) is 5.10 Å². The summed E-state index contributed by atoms with van der Waals surface area (Å²) in [6.45, 7) is 5.33.